The number of carbonyl (C=O) groups is 4. The van der Waals surface area contributed by atoms with Crippen molar-refractivity contribution in [3.05, 3.63) is 116 Å². The van der Waals surface area contributed by atoms with Gasteiger partial charge >= 0.3 is 12.4 Å². The van der Waals surface area contributed by atoms with Crippen LogP contribution in [0.1, 0.15) is 35.2 Å². The summed E-state index contributed by atoms with van der Waals surface area (Å²) in [5.74, 6) is -10.4. The zero-order valence-electron chi connectivity index (χ0n) is 33.8. The van der Waals surface area contributed by atoms with E-state index in [9.17, 15) is 45.8 Å². The van der Waals surface area contributed by atoms with Crippen molar-refractivity contribution in [1.82, 2.24) is 20.0 Å². The number of fused-ring (bicyclic) bond motifs is 4. The third-order valence-corrected chi connectivity index (χ3v) is 13.1. The second-order valence-electron chi connectivity index (χ2n) is 15.6. The van der Waals surface area contributed by atoms with Crippen molar-refractivity contribution >= 4 is 76.1 Å². The number of imide groups is 2. The first-order valence-electron chi connectivity index (χ1n) is 19.5. The number of nitrogens with zero attached hydrogens (tertiary/aromatic N) is 5. The Morgan fingerprint density at radius 2 is 1.54 bits per heavy atom. The lowest BCUT2D eigenvalue weighted by atomic mass is 9.50. The minimum Gasteiger partial charge on any atom is -0.502 e. The van der Waals surface area contributed by atoms with E-state index in [0.29, 0.717) is 39.5 Å². The number of phenols is 1. The van der Waals surface area contributed by atoms with E-state index in [1.807, 2.05) is 0 Å². The van der Waals surface area contributed by atoms with E-state index < -0.39 is 98.9 Å². The number of amides is 4. The van der Waals surface area contributed by atoms with Crippen LogP contribution in [-0.2, 0) is 36.9 Å². The van der Waals surface area contributed by atoms with Crippen LogP contribution in [0.4, 0.5) is 38.0 Å². The lowest BCUT2D eigenvalue weighted by Gasteiger charge is -2.49. The van der Waals surface area contributed by atoms with Crippen LogP contribution >= 0.6 is 34.8 Å². The molecular weight excluding hydrogens is 933 g/mol. The Balaban J connectivity index is 1.28. The highest BCUT2D eigenvalue weighted by Gasteiger charge is 2.70. The fraction of sp³-hybridized carbons (Fsp3) is 0.302. The van der Waals surface area contributed by atoms with Crippen LogP contribution < -0.4 is 19.9 Å². The van der Waals surface area contributed by atoms with Crippen molar-refractivity contribution in [2.45, 2.75) is 30.6 Å². The van der Waals surface area contributed by atoms with Crippen LogP contribution in [0.2, 0.25) is 15.1 Å². The number of benzene rings is 2. The van der Waals surface area contributed by atoms with Gasteiger partial charge in [0.1, 0.15) is 5.69 Å². The highest BCUT2D eigenvalue weighted by Crippen LogP contribution is 2.62. The first kappa shape index (κ1) is 45.5. The van der Waals surface area contributed by atoms with Crippen LogP contribution in [0.5, 0.6) is 17.2 Å². The number of halogens is 9. The molecular formula is C43H33Cl3F6N6O7. The number of nitrogens with one attached hydrogen (secondary N) is 1. The number of carbonyl (C=O) groups excluding carboxylic acids is 4. The lowest BCUT2D eigenvalue weighted by molar-refractivity contribution is -0.142. The molecule has 0 radical (unpaired) electrons. The van der Waals surface area contributed by atoms with E-state index in [1.54, 1.807) is 30.4 Å². The molecule has 65 heavy (non-hydrogen) atoms. The zero-order valence-corrected chi connectivity index (χ0v) is 36.1. The predicted molar refractivity (Wildman–Crippen MR) is 222 cm³/mol. The van der Waals surface area contributed by atoms with Crippen molar-refractivity contribution in [2.24, 2.45) is 29.6 Å². The van der Waals surface area contributed by atoms with Gasteiger partial charge in [-0.3, -0.25) is 29.6 Å². The van der Waals surface area contributed by atoms with Crippen LogP contribution in [0.15, 0.2) is 78.5 Å². The lowest BCUT2D eigenvalue weighted by Crippen LogP contribution is -2.54. The van der Waals surface area contributed by atoms with Gasteiger partial charge in [-0.1, -0.05) is 70.7 Å². The number of rotatable bonds is 9. The monoisotopic (exact) mass is 964 g/mol. The summed E-state index contributed by atoms with van der Waals surface area (Å²) in [6.07, 6.45) is -4.71. The number of hydrazine groups is 2. The van der Waals surface area contributed by atoms with Gasteiger partial charge in [-0.2, -0.15) is 36.4 Å². The molecule has 0 unspecified atom stereocenters. The van der Waals surface area contributed by atoms with E-state index in [1.165, 1.54) is 38.5 Å². The smallest absolute Gasteiger partial charge is 0.433 e. The summed E-state index contributed by atoms with van der Waals surface area (Å²) >= 11 is 18.9. The van der Waals surface area contributed by atoms with Gasteiger partial charge in [-0.15, -0.1) is 0 Å². The van der Waals surface area contributed by atoms with Gasteiger partial charge in [0, 0.05) is 24.2 Å². The van der Waals surface area contributed by atoms with Gasteiger partial charge in [-0.05, 0) is 72.4 Å². The number of aromatic hydroxyl groups is 1. The van der Waals surface area contributed by atoms with Crippen LogP contribution in [0.25, 0.3) is 6.08 Å². The maximum atomic E-state index is 15.4. The number of hydrogen-bond acceptors (Lipinski definition) is 11. The Morgan fingerprint density at radius 3 is 2.14 bits per heavy atom. The summed E-state index contributed by atoms with van der Waals surface area (Å²) < 4.78 is 92.7. The topological polar surface area (TPSA) is 154 Å². The number of anilines is 2. The molecule has 2 aromatic carbocycles. The molecule has 2 aliphatic carbocycles. The zero-order chi connectivity index (χ0) is 47.1. The minimum atomic E-state index is -4.90. The second-order valence-corrected chi connectivity index (χ2v) is 16.9. The van der Waals surface area contributed by atoms with Gasteiger partial charge < -0.3 is 14.6 Å². The number of aromatic nitrogens is 2. The molecule has 3 fully saturated rings. The first-order chi connectivity index (χ1) is 30.6. The standard InChI is InChI=1S/C43H33Cl3F6N6O7/c1-56(36-28(45)12-13-32(54-36)43(50,51)52)58-37(60)24-10-9-23-25(33(24)39(58)62)17-27-38(61)57(55-35-29(46)16-21(18-53-35)42(47,48)49)40(63)41(27,20-5-7-22(44)8-6-20)26(23)11-4-19-14-30(64-2)34(59)31(15-19)65-3/h4-9,11-16,18,24-27,33,59H,10,17H2,1-3H3,(H,53,55)/t24-,25+,26-,27-,33-,41-/m0/s1. The first-order valence-corrected chi connectivity index (χ1v) is 20.6. The number of alkyl halides is 6. The Labute approximate surface area is 380 Å². The molecule has 2 saturated heterocycles. The molecule has 1 saturated carbocycles. The van der Waals surface area contributed by atoms with Gasteiger partial charge in [0.2, 0.25) is 5.75 Å². The molecule has 2 aromatic heterocycles. The molecule has 22 heteroatoms. The summed E-state index contributed by atoms with van der Waals surface area (Å²) in [6.45, 7) is 0. The van der Waals surface area contributed by atoms with Crippen molar-refractivity contribution in [3.8, 4) is 17.2 Å². The molecule has 0 bridgehead atoms. The van der Waals surface area contributed by atoms with Crippen molar-refractivity contribution in [3.63, 3.8) is 0 Å². The summed E-state index contributed by atoms with van der Waals surface area (Å²) in [6, 6.07) is 11.2. The fourth-order valence-corrected chi connectivity index (χ4v) is 10.00. The number of phenolic OH excluding ortho intramolecular Hbond substituents is 1. The molecule has 4 aromatic rings. The van der Waals surface area contributed by atoms with Crippen LogP contribution in [0, 0.1) is 29.6 Å². The molecule has 340 valence electrons. The highest BCUT2D eigenvalue weighted by atomic mass is 35.5. The van der Waals surface area contributed by atoms with Gasteiger partial charge in [0.25, 0.3) is 23.6 Å². The molecule has 2 N–H and O–H groups in total. The molecule has 4 amide bonds. The average Bonchev–Trinajstić information content (AvgIpc) is 3.64. The van der Waals surface area contributed by atoms with E-state index >= 15 is 4.79 Å². The van der Waals surface area contributed by atoms with Crippen molar-refractivity contribution in [2.75, 3.05) is 31.7 Å². The van der Waals surface area contributed by atoms with Crippen molar-refractivity contribution in [1.29, 1.82) is 0 Å². The summed E-state index contributed by atoms with van der Waals surface area (Å²) in [4.78, 5) is 66.7. The molecule has 0 spiro atoms. The van der Waals surface area contributed by atoms with E-state index in [-0.39, 0.29) is 45.7 Å². The maximum absolute atomic E-state index is 15.4. The van der Waals surface area contributed by atoms with Gasteiger partial charge in [0.05, 0.1) is 53.0 Å². The third kappa shape index (κ3) is 7.46. The van der Waals surface area contributed by atoms with E-state index in [4.69, 9.17) is 44.3 Å². The quantitative estimate of drug-likeness (QED) is 0.0940. The number of hydrogen-bond donors (Lipinski definition) is 2. The number of ether oxygens (including phenoxy) is 2. The fourth-order valence-electron chi connectivity index (χ4n) is 9.44. The summed E-state index contributed by atoms with van der Waals surface area (Å²) in [5.41, 5.74) is -0.766. The number of methoxy groups -OCH3 is 2. The Hall–Kier alpha value is -6.05. The molecule has 8 rings (SSSR count). The predicted octanol–water partition coefficient (Wildman–Crippen LogP) is 8.78. The molecule has 6 atom stereocenters. The summed E-state index contributed by atoms with van der Waals surface area (Å²) in [7, 11) is 3.80. The Morgan fingerprint density at radius 1 is 0.877 bits per heavy atom. The van der Waals surface area contributed by atoms with Gasteiger partial charge in [-0.25, -0.2) is 9.97 Å². The Kier molecular flexibility index (Phi) is 11.5. The molecule has 13 nitrogen and oxygen atoms in total. The van der Waals surface area contributed by atoms with Crippen LogP contribution in [0.3, 0.4) is 0 Å². The van der Waals surface area contributed by atoms with Crippen molar-refractivity contribution < 1.29 is 60.1 Å². The number of pyridine rings is 2. The Bertz CT molecular complexity index is 2690. The summed E-state index contributed by atoms with van der Waals surface area (Å²) in [5, 5.41) is 12.2. The number of allylic oxidation sites excluding steroid dienone is 3. The SMILES string of the molecule is COc1cc(C=C[C@H]2C3=CC[C@@H]4C(=O)N(N(C)c5nc(C(F)(F)F)ccc5Cl)C(=O)[C@@H]4[C@@H]3C[C@H]3C(=O)N(Nc4ncc(C(F)(F)F)cc4Cl)C(=O)[C@@]23c2ccc(Cl)cc2)cc(OC)c1O. The average molecular weight is 966 g/mol. The molecule has 2 aliphatic heterocycles. The second kappa shape index (κ2) is 16.4. The molecule has 4 aliphatic rings. The third-order valence-electron chi connectivity index (χ3n) is 12.3. The highest BCUT2D eigenvalue weighted by molar-refractivity contribution is 6.33. The van der Waals surface area contributed by atoms with Crippen LogP contribution in [-0.4, -0.2) is 70.0 Å². The van der Waals surface area contributed by atoms with Gasteiger partial charge in [0.15, 0.2) is 23.1 Å². The normalized spacial score (nSPS) is 24.2. The van der Waals surface area contributed by atoms with E-state index in [0.717, 1.165) is 18.1 Å². The maximum Gasteiger partial charge on any atom is 0.433 e. The minimum absolute atomic E-state index is 0.0218. The largest absolute Gasteiger partial charge is 0.502 e. The molecule has 4 heterocycles. The van der Waals surface area contributed by atoms with E-state index in [2.05, 4.69) is 15.4 Å².